The minimum atomic E-state index is -3.32. The van der Waals surface area contributed by atoms with Crippen molar-refractivity contribution in [1.29, 1.82) is 0 Å². The van der Waals surface area contributed by atoms with Crippen molar-refractivity contribution in [2.45, 2.75) is 55.2 Å². The Bertz CT molecular complexity index is 1110. The fraction of sp³-hybridized carbons (Fsp3) is 0.538. The highest BCUT2D eigenvalue weighted by Gasteiger charge is 2.47. The monoisotopic (exact) mass is 575 g/mol. The van der Waals surface area contributed by atoms with E-state index in [1.54, 1.807) is 0 Å². The summed E-state index contributed by atoms with van der Waals surface area (Å²) >= 11 is 6.17. The maximum atomic E-state index is 12.5. The van der Waals surface area contributed by atoms with Gasteiger partial charge >= 0.3 is 0 Å². The van der Waals surface area contributed by atoms with Gasteiger partial charge in [0, 0.05) is 29.6 Å². The lowest BCUT2D eigenvalue weighted by atomic mass is 9.58. The maximum absolute atomic E-state index is 12.5. The van der Waals surface area contributed by atoms with Crippen LogP contribution in [0.4, 0.5) is 0 Å². The molecule has 2 aliphatic heterocycles. The van der Waals surface area contributed by atoms with Gasteiger partial charge in [0.15, 0.2) is 0 Å². The lowest BCUT2D eigenvalue weighted by molar-refractivity contribution is 0.164. The molecule has 2 fully saturated rings. The number of hydrogen-bond acceptors (Lipinski definition) is 5. The van der Waals surface area contributed by atoms with Gasteiger partial charge in [0.1, 0.15) is 12.4 Å². The van der Waals surface area contributed by atoms with Crippen LogP contribution < -0.4 is 20.1 Å². The Morgan fingerprint density at radius 2 is 1.83 bits per heavy atom. The van der Waals surface area contributed by atoms with Gasteiger partial charge in [0.2, 0.25) is 10.0 Å². The number of piperidine rings is 1. The first kappa shape index (κ1) is 29.5. The second-order valence-corrected chi connectivity index (χ2v) is 12.3. The van der Waals surface area contributed by atoms with Crippen LogP contribution in [-0.4, -0.2) is 46.5 Å². The molecule has 5 rings (SSSR count). The Morgan fingerprint density at radius 1 is 1.06 bits per heavy atom. The molecule has 6 nitrogen and oxygen atoms in total. The molecule has 2 unspecified atom stereocenters. The minimum Gasteiger partial charge on any atom is -0.492 e. The molecule has 3 aliphatic rings. The van der Waals surface area contributed by atoms with Gasteiger partial charge in [-0.1, -0.05) is 36.2 Å². The third kappa shape index (κ3) is 6.15. The van der Waals surface area contributed by atoms with E-state index in [0.717, 1.165) is 49.5 Å². The van der Waals surface area contributed by atoms with Crippen LogP contribution in [0.25, 0.3) is 0 Å². The van der Waals surface area contributed by atoms with Gasteiger partial charge in [-0.25, -0.2) is 13.1 Å². The Balaban J connectivity index is 0.00000180. The number of halogens is 3. The number of sulfonamides is 1. The van der Waals surface area contributed by atoms with Crippen molar-refractivity contribution in [2.75, 3.05) is 32.8 Å². The highest BCUT2D eigenvalue weighted by atomic mass is 35.5. The van der Waals surface area contributed by atoms with Crippen molar-refractivity contribution < 1.29 is 13.2 Å². The third-order valence-electron chi connectivity index (χ3n) is 7.75. The number of rotatable bonds is 8. The second-order valence-electron chi connectivity index (χ2n) is 9.77. The summed E-state index contributed by atoms with van der Waals surface area (Å²) in [5, 5.41) is 7.37. The molecule has 200 valence electrons. The Labute approximate surface area is 232 Å². The van der Waals surface area contributed by atoms with Crippen LogP contribution >= 0.6 is 36.4 Å². The van der Waals surface area contributed by atoms with Gasteiger partial charge in [0.05, 0.1) is 5.25 Å². The molecule has 3 N–H and O–H groups in total. The van der Waals surface area contributed by atoms with Crippen LogP contribution in [0.1, 0.15) is 54.8 Å². The first-order valence-corrected chi connectivity index (χ1v) is 14.3. The normalized spacial score (nSPS) is 22.8. The Hall–Kier alpha value is -1.06. The SMILES string of the molecule is Cl.Cl.O=S(=O)(NCCOc1ccc2c(c1)C(C1(c3ccc(Cl)cc3)CCC1)NCC2)C1CCCNC1. The van der Waals surface area contributed by atoms with Crippen molar-refractivity contribution >= 4 is 46.4 Å². The summed E-state index contributed by atoms with van der Waals surface area (Å²) in [5.74, 6) is 0.788. The van der Waals surface area contributed by atoms with Crippen LogP contribution in [0.2, 0.25) is 5.02 Å². The van der Waals surface area contributed by atoms with Crippen LogP contribution in [-0.2, 0) is 21.9 Å². The van der Waals surface area contributed by atoms with Crippen molar-refractivity contribution in [3.63, 3.8) is 0 Å². The molecule has 2 heterocycles. The van der Waals surface area contributed by atoms with E-state index in [1.165, 1.54) is 23.1 Å². The maximum Gasteiger partial charge on any atom is 0.215 e. The first-order chi connectivity index (χ1) is 16.5. The molecule has 10 heteroatoms. The number of fused-ring (bicyclic) bond motifs is 1. The molecule has 2 aromatic rings. The predicted molar refractivity (Wildman–Crippen MR) is 151 cm³/mol. The van der Waals surface area contributed by atoms with Gasteiger partial charge in [-0.3, -0.25) is 0 Å². The molecule has 36 heavy (non-hydrogen) atoms. The van der Waals surface area contributed by atoms with E-state index in [9.17, 15) is 8.42 Å². The second kappa shape index (κ2) is 12.7. The molecule has 0 spiro atoms. The van der Waals surface area contributed by atoms with E-state index in [2.05, 4.69) is 39.6 Å². The zero-order valence-corrected chi connectivity index (χ0v) is 23.5. The van der Waals surface area contributed by atoms with Crippen molar-refractivity contribution in [2.24, 2.45) is 0 Å². The van der Waals surface area contributed by atoms with E-state index in [-0.39, 0.29) is 48.1 Å². The third-order valence-corrected chi connectivity index (χ3v) is 9.89. The fourth-order valence-electron chi connectivity index (χ4n) is 5.75. The van der Waals surface area contributed by atoms with Gasteiger partial charge in [-0.15, -0.1) is 24.8 Å². The zero-order chi connectivity index (χ0) is 23.6. The van der Waals surface area contributed by atoms with Crippen molar-refractivity contribution in [1.82, 2.24) is 15.4 Å². The first-order valence-electron chi connectivity index (χ1n) is 12.4. The van der Waals surface area contributed by atoms with Gasteiger partial charge in [0.25, 0.3) is 0 Å². The predicted octanol–water partition coefficient (Wildman–Crippen LogP) is 4.54. The minimum absolute atomic E-state index is 0. The van der Waals surface area contributed by atoms with E-state index in [1.807, 2.05) is 18.2 Å². The van der Waals surface area contributed by atoms with Gasteiger partial charge in [-0.2, -0.15) is 0 Å². The molecular weight excluding hydrogens is 541 g/mol. The lowest BCUT2D eigenvalue weighted by Gasteiger charge is -2.50. The molecule has 1 saturated heterocycles. The van der Waals surface area contributed by atoms with Crippen LogP contribution in [0.5, 0.6) is 5.75 Å². The molecular formula is C26H36Cl3N3O3S. The fourth-order valence-corrected chi connectivity index (χ4v) is 7.30. The number of hydrogen-bond donors (Lipinski definition) is 3. The van der Waals surface area contributed by atoms with E-state index >= 15 is 0 Å². The topological polar surface area (TPSA) is 79.5 Å². The summed E-state index contributed by atoms with van der Waals surface area (Å²) < 4.78 is 33.8. The molecule has 0 bridgehead atoms. The van der Waals surface area contributed by atoms with E-state index < -0.39 is 10.0 Å². The van der Waals surface area contributed by atoms with Gasteiger partial charge < -0.3 is 15.4 Å². The number of ether oxygens (including phenoxy) is 1. The summed E-state index contributed by atoms with van der Waals surface area (Å²) in [4.78, 5) is 0. The smallest absolute Gasteiger partial charge is 0.215 e. The average molecular weight is 577 g/mol. The molecule has 0 radical (unpaired) electrons. The van der Waals surface area contributed by atoms with Gasteiger partial charge in [-0.05, 0) is 86.1 Å². The van der Waals surface area contributed by atoms with E-state index in [0.29, 0.717) is 19.6 Å². The van der Waals surface area contributed by atoms with Crippen LogP contribution in [0, 0.1) is 0 Å². The number of nitrogens with one attached hydrogen (secondary N) is 3. The van der Waals surface area contributed by atoms with Crippen LogP contribution in [0.3, 0.4) is 0 Å². The molecule has 2 atom stereocenters. The Morgan fingerprint density at radius 3 is 2.50 bits per heavy atom. The summed E-state index contributed by atoms with van der Waals surface area (Å²) in [6.45, 7) is 2.95. The summed E-state index contributed by atoms with van der Waals surface area (Å²) in [6, 6.07) is 14.9. The number of benzene rings is 2. The van der Waals surface area contributed by atoms with Crippen LogP contribution in [0.15, 0.2) is 42.5 Å². The summed E-state index contributed by atoms with van der Waals surface area (Å²) in [7, 11) is -3.32. The van der Waals surface area contributed by atoms with Crippen molar-refractivity contribution in [3.05, 3.63) is 64.2 Å². The largest absolute Gasteiger partial charge is 0.492 e. The standard InChI is InChI=1S/C26H34ClN3O3S.2ClH/c27-21-7-5-20(6-8-21)26(11-2-12-26)25-24-17-22(9-4-19(24)10-14-29-25)33-16-15-30-34(31,32)23-3-1-13-28-18-23;;/h4-9,17,23,25,28-30H,1-3,10-16,18H2;2*1H. The quantitative estimate of drug-likeness (QED) is 0.402. The summed E-state index contributed by atoms with van der Waals surface area (Å²) in [6.07, 6.45) is 6.12. The van der Waals surface area contributed by atoms with Crippen molar-refractivity contribution in [3.8, 4) is 5.75 Å². The zero-order valence-electron chi connectivity index (χ0n) is 20.3. The highest BCUT2D eigenvalue weighted by Crippen LogP contribution is 2.53. The molecule has 2 aromatic carbocycles. The molecule has 0 amide bonds. The highest BCUT2D eigenvalue weighted by molar-refractivity contribution is 7.90. The Kier molecular flexibility index (Phi) is 10.4. The molecule has 0 aromatic heterocycles. The van der Waals surface area contributed by atoms with E-state index in [4.69, 9.17) is 16.3 Å². The molecule has 1 saturated carbocycles. The average Bonchev–Trinajstić information content (AvgIpc) is 2.83. The molecule has 1 aliphatic carbocycles. The summed E-state index contributed by atoms with van der Waals surface area (Å²) in [5.41, 5.74) is 4.07. The lowest BCUT2D eigenvalue weighted by Crippen LogP contribution is -2.49.